The summed E-state index contributed by atoms with van der Waals surface area (Å²) in [6, 6.07) is 8.60. The zero-order chi connectivity index (χ0) is 21.2. The van der Waals surface area contributed by atoms with E-state index in [1.54, 1.807) is 26.0 Å². The molecule has 2 heterocycles. The Morgan fingerprint density at radius 3 is 2.48 bits per heavy atom. The van der Waals surface area contributed by atoms with Crippen LogP contribution in [0.5, 0.6) is 0 Å². The number of rotatable bonds is 6. The van der Waals surface area contributed by atoms with E-state index in [4.69, 9.17) is 9.15 Å². The third-order valence-corrected chi connectivity index (χ3v) is 4.34. The fourth-order valence-electron chi connectivity index (χ4n) is 2.89. The van der Waals surface area contributed by atoms with Gasteiger partial charge in [0, 0.05) is 5.69 Å². The molecule has 0 saturated carbocycles. The second-order valence-corrected chi connectivity index (χ2v) is 7.00. The Kier molecular flexibility index (Phi) is 5.40. The van der Waals surface area contributed by atoms with Gasteiger partial charge >= 0.3 is 12.0 Å². The number of imide groups is 1. The van der Waals surface area contributed by atoms with Gasteiger partial charge in [-0.25, -0.2) is 9.59 Å². The average Bonchev–Trinajstić information content (AvgIpc) is 3.26. The van der Waals surface area contributed by atoms with Crippen molar-refractivity contribution >= 4 is 29.5 Å². The van der Waals surface area contributed by atoms with Gasteiger partial charge in [0.25, 0.3) is 5.91 Å². The number of hydrogen-bond donors (Lipinski definition) is 2. The third-order valence-electron chi connectivity index (χ3n) is 4.34. The number of carbonyl (C=O) groups excluding carboxylic acids is 4. The summed E-state index contributed by atoms with van der Waals surface area (Å²) < 4.78 is 10.3. The van der Waals surface area contributed by atoms with Crippen LogP contribution >= 0.6 is 0 Å². The lowest BCUT2D eigenvalue weighted by Crippen LogP contribution is -2.41. The monoisotopic (exact) mass is 399 g/mol. The van der Waals surface area contributed by atoms with Crippen molar-refractivity contribution in [3.8, 4) is 0 Å². The number of nitrogens with one attached hydrogen (secondary N) is 2. The predicted octanol–water partition coefficient (Wildman–Crippen LogP) is 2.25. The summed E-state index contributed by atoms with van der Waals surface area (Å²) >= 11 is 0. The molecule has 1 aromatic carbocycles. The number of esters is 1. The molecule has 0 unspecified atom stereocenters. The minimum Gasteiger partial charge on any atom is -0.466 e. The molecular formula is C20H21N3O6. The van der Waals surface area contributed by atoms with Gasteiger partial charge in [-0.15, -0.1) is 0 Å². The highest BCUT2D eigenvalue weighted by Crippen LogP contribution is 2.28. The van der Waals surface area contributed by atoms with Crippen molar-refractivity contribution in [3.05, 3.63) is 54.0 Å². The molecule has 1 fully saturated rings. The first-order chi connectivity index (χ1) is 13.7. The van der Waals surface area contributed by atoms with E-state index in [0.29, 0.717) is 11.3 Å². The quantitative estimate of drug-likeness (QED) is 0.568. The Morgan fingerprint density at radius 2 is 1.90 bits per heavy atom. The molecule has 2 aromatic rings. The van der Waals surface area contributed by atoms with Gasteiger partial charge in [-0.3, -0.25) is 14.5 Å². The molecule has 1 aliphatic rings. The lowest BCUT2D eigenvalue weighted by molar-refractivity contribution is -0.134. The highest BCUT2D eigenvalue weighted by atomic mass is 16.5. The van der Waals surface area contributed by atoms with Gasteiger partial charge in [0.1, 0.15) is 12.3 Å². The number of anilines is 1. The van der Waals surface area contributed by atoms with Gasteiger partial charge in [0.15, 0.2) is 5.54 Å². The van der Waals surface area contributed by atoms with Crippen LogP contribution in [0.4, 0.5) is 10.5 Å². The molecule has 0 bridgehead atoms. The molecule has 1 atom stereocenters. The van der Waals surface area contributed by atoms with E-state index in [9.17, 15) is 19.2 Å². The lowest BCUT2D eigenvalue weighted by atomic mass is 9.99. The van der Waals surface area contributed by atoms with Gasteiger partial charge in [-0.05, 0) is 57.2 Å². The van der Waals surface area contributed by atoms with Gasteiger partial charge in [-0.2, -0.15) is 0 Å². The molecule has 1 aromatic heterocycles. The maximum Gasteiger partial charge on any atom is 0.338 e. The van der Waals surface area contributed by atoms with Gasteiger partial charge in [0.2, 0.25) is 5.91 Å². The number of urea groups is 1. The number of furan rings is 1. The summed E-state index contributed by atoms with van der Waals surface area (Å²) in [6.45, 7) is 4.55. The average molecular weight is 399 g/mol. The Balaban J connectivity index is 1.63. The second-order valence-electron chi connectivity index (χ2n) is 7.00. The van der Waals surface area contributed by atoms with E-state index >= 15 is 0 Å². The van der Waals surface area contributed by atoms with Crippen LogP contribution in [0.1, 0.15) is 36.9 Å². The van der Waals surface area contributed by atoms with Crippen molar-refractivity contribution in [3.63, 3.8) is 0 Å². The summed E-state index contributed by atoms with van der Waals surface area (Å²) in [4.78, 5) is 49.9. The Bertz CT molecular complexity index is 936. The summed E-state index contributed by atoms with van der Waals surface area (Å²) in [5.41, 5.74) is -0.601. The standard InChI is InChI=1S/C20H21N3O6/c1-12(2)29-17(25)13-6-8-14(9-7-13)21-16(24)11-23-18(26)20(3,22-19(23)27)15-5-4-10-28-15/h4-10,12H,11H2,1-3H3,(H,21,24)(H,22,27)/t20-/m0/s1. The smallest absolute Gasteiger partial charge is 0.338 e. The van der Waals surface area contributed by atoms with E-state index in [-0.39, 0.29) is 11.9 Å². The van der Waals surface area contributed by atoms with Crippen LogP contribution < -0.4 is 10.6 Å². The van der Waals surface area contributed by atoms with Crippen LogP contribution in [0.2, 0.25) is 0 Å². The van der Waals surface area contributed by atoms with Crippen molar-refractivity contribution < 1.29 is 28.3 Å². The maximum atomic E-state index is 12.7. The van der Waals surface area contributed by atoms with Crippen LogP contribution in [-0.4, -0.2) is 41.4 Å². The molecule has 2 N–H and O–H groups in total. The number of nitrogens with zero attached hydrogens (tertiary/aromatic N) is 1. The maximum absolute atomic E-state index is 12.7. The molecule has 4 amide bonds. The van der Waals surface area contributed by atoms with Gasteiger partial charge < -0.3 is 19.8 Å². The van der Waals surface area contributed by atoms with Crippen LogP contribution in [-0.2, 0) is 19.9 Å². The largest absolute Gasteiger partial charge is 0.466 e. The summed E-state index contributed by atoms with van der Waals surface area (Å²) in [6.07, 6.45) is 1.16. The van der Waals surface area contributed by atoms with E-state index in [0.717, 1.165) is 4.90 Å². The van der Waals surface area contributed by atoms with Crippen LogP contribution in [0.25, 0.3) is 0 Å². The van der Waals surface area contributed by atoms with Crippen molar-refractivity contribution in [1.29, 1.82) is 0 Å². The molecule has 0 spiro atoms. The van der Waals surface area contributed by atoms with Crippen molar-refractivity contribution in [1.82, 2.24) is 10.2 Å². The molecule has 0 radical (unpaired) electrons. The van der Waals surface area contributed by atoms with E-state index in [2.05, 4.69) is 10.6 Å². The van der Waals surface area contributed by atoms with Crippen LogP contribution in [0, 0.1) is 0 Å². The Hall–Kier alpha value is -3.62. The zero-order valence-corrected chi connectivity index (χ0v) is 16.2. The number of ether oxygens (including phenoxy) is 1. The van der Waals surface area contributed by atoms with Gasteiger partial charge in [-0.1, -0.05) is 0 Å². The van der Waals surface area contributed by atoms with Crippen LogP contribution in [0.3, 0.4) is 0 Å². The number of hydrogen-bond acceptors (Lipinski definition) is 6. The van der Waals surface area contributed by atoms with E-state index in [1.165, 1.54) is 37.5 Å². The Morgan fingerprint density at radius 1 is 1.21 bits per heavy atom. The number of carbonyl (C=O) groups is 4. The normalized spacial score (nSPS) is 18.7. The highest BCUT2D eigenvalue weighted by molar-refractivity contribution is 6.10. The predicted molar refractivity (Wildman–Crippen MR) is 102 cm³/mol. The first kappa shape index (κ1) is 20.1. The topological polar surface area (TPSA) is 118 Å². The number of amides is 4. The summed E-state index contributed by atoms with van der Waals surface area (Å²) in [5.74, 6) is -1.33. The summed E-state index contributed by atoms with van der Waals surface area (Å²) in [5, 5.41) is 5.14. The minimum atomic E-state index is -1.36. The van der Waals surface area contributed by atoms with Crippen LogP contribution in [0.15, 0.2) is 47.1 Å². The lowest BCUT2D eigenvalue weighted by Gasteiger charge is -2.18. The Labute approximate surface area is 167 Å². The first-order valence-corrected chi connectivity index (χ1v) is 8.99. The van der Waals surface area contributed by atoms with Crippen molar-refractivity contribution in [2.45, 2.75) is 32.4 Å². The third kappa shape index (κ3) is 4.13. The van der Waals surface area contributed by atoms with E-state index < -0.39 is 35.9 Å². The highest BCUT2D eigenvalue weighted by Gasteiger charge is 2.51. The molecule has 1 saturated heterocycles. The fraction of sp³-hybridized carbons (Fsp3) is 0.300. The summed E-state index contributed by atoms with van der Waals surface area (Å²) in [7, 11) is 0. The number of benzene rings is 1. The molecule has 152 valence electrons. The molecule has 9 heteroatoms. The first-order valence-electron chi connectivity index (χ1n) is 8.99. The van der Waals surface area contributed by atoms with E-state index in [1.807, 2.05) is 0 Å². The van der Waals surface area contributed by atoms with Crippen molar-refractivity contribution in [2.24, 2.45) is 0 Å². The minimum absolute atomic E-state index is 0.238. The second kappa shape index (κ2) is 7.78. The molecule has 1 aliphatic heterocycles. The molecule has 0 aliphatic carbocycles. The zero-order valence-electron chi connectivity index (χ0n) is 16.2. The molecular weight excluding hydrogens is 378 g/mol. The fourth-order valence-corrected chi connectivity index (χ4v) is 2.89. The molecule has 9 nitrogen and oxygen atoms in total. The van der Waals surface area contributed by atoms with Gasteiger partial charge in [0.05, 0.1) is 17.9 Å². The molecule has 29 heavy (non-hydrogen) atoms. The molecule has 3 rings (SSSR count). The van der Waals surface area contributed by atoms with Crippen molar-refractivity contribution in [2.75, 3.05) is 11.9 Å². The SMILES string of the molecule is CC(C)OC(=O)c1ccc(NC(=O)CN2C(=O)N[C@@](C)(c3ccco3)C2=O)cc1.